The fourth-order valence-electron chi connectivity index (χ4n) is 1.35. The van der Waals surface area contributed by atoms with E-state index in [-0.39, 0.29) is 5.92 Å². The Morgan fingerprint density at radius 3 is 3.18 bits per heavy atom. The van der Waals surface area contributed by atoms with Crippen LogP contribution in [0, 0.1) is 17.9 Å². The van der Waals surface area contributed by atoms with E-state index in [9.17, 15) is 4.79 Å². The summed E-state index contributed by atoms with van der Waals surface area (Å²) in [6, 6.07) is 6.82. The molecule has 0 radical (unpaired) electrons. The fraction of sp³-hybridized carbons (Fsp3) is 0.429. The number of nitrogens with zero attached hydrogens (tertiary/aromatic N) is 1. The zero-order chi connectivity index (χ0) is 12.3. The second kappa shape index (κ2) is 8.35. The quantitative estimate of drug-likeness (QED) is 0.352. The molecule has 1 aromatic rings. The standard InChI is InChI=1S/C14H18N2O/c1-13(12-17)6-3-2-4-8-15-10-14-7-5-9-16-11-14/h5,7,9,11-13,15H,2-3,6,10H2,1H3. The molecule has 0 aliphatic rings. The molecule has 0 saturated carbocycles. The molecule has 0 fully saturated rings. The summed E-state index contributed by atoms with van der Waals surface area (Å²) in [5, 5.41) is 3.03. The first-order valence-corrected chi connectivity index (χ1v) is 5.88. The summed E-state index contributed by atoms with van der Waals surface area (Å²) in [6.07, 6.45) is 7.29. The summed E-state index contributed by atoms with van der Waals surface area (Å²) in [5.74, 6) is 3.19. The van der Waals surface area contributed by atoms with Crippen LogP contribution in [0.5, 0.6) is 0 Å². The second-order valence-corrected chi connectivity index (χ2v) is 4.02. The summed E-state index contributed by atoms with van der Waals surface area (Å²) < 4.78 is 0. The van der Waals surface area contributed by atoms with E-state index in [1.807, 2.05) is 25.3 Å². The van der Waals surface area contributed by atoms with Crippen molar-refractivity contribution in [2.24, 2.45) is 5.92 Å². The Morgan fingerprint density at radius 2 is 2.47 bits per heavy atom. The summed E-state index contributed by atoms with van der Waals surface area (Å²) in [6.45, 7) is 2.65. The van der Waals surface area contributed by atoms with E-state index in [0.717, 1.165) is 31.1 Å². The third-order valence-electron chi connectivity index (χ3n) is 2.39. The highest BCUT2D eigenvalue weighted by atomic mass is 16.1. The van der Waals surface area contributed by atoms with Gasteiger partial charge < -0.3 is 10.1 Å². The van der Waals surface area contributed by atoms with Crippen LogP contribution in [0.3, 0.4) is 0 Å². The monoisotopic (exact) mass is 230 g/mol. The lowest BCUT2D eigenvalue weighted by Crippen LogP contribution is -2.05. The van der Waals surface area contributed by atoms with E-state index < -0.39 is 0 Å². The van der Waals surface area contributed by atoms with E-state index in [1.54, 1.807) is 6.20 Å². The molecule has 0 aromatic carbocycles. The van der Waals surface area contributed by atoms with Gasteiger partial charge in [0.2, 0.25) is 0 Å². The van der Waals surface area contributed by atoms with Gasteiger partial charge in [-0.3, -0.25) is 4.98 Å². The number of hydrogen-bond donors (Lipinski definition) is 1. The minimum atomic E-state index is 0.153. The normalized spacial score (nSPS) is 11.1. The third kappa shape index (κ3) is 6.36. The van der Waals surface area contributed by atoms with Gasteiger partial charge in [-0.2, -0.15) is 0 Å². The Hall–Kier alpha value is -1.82. The van der Waals surface area contributed by atoms with Crippen LogP contribution in [-0.4, -0.2) is 11.3 Å². The van der Waals surface area contributed by atoms with Crippen molar-refractivity contribution < 1.29 is 4.79 Å². The van der Waals surface area contributed by atoms with Gasteiger partial charge in [0.15, 0.2) is 0 Å². The van der Waals surface area contributed by atoms with Crippen LogP contribution in [0.25, 0.3) is 0 Å². The maximum atomic E-state index is 10.4. The van der Waals surface area contributed by atoms with E-state index in [2.05, 4.69) is 22.3 Å². The molecule has 0 bridgehead atoms. The van der Waals surface area contributed by atoms with Crippen molar-refractivity contribution in [1.82, 2.24) is 10.3 Å². The number of carbonyl (C=O) groups excluding carboxylic acids is 1. The van der Waals surface area contributed by atoms with Gasteiger partial charge >= 0.3 is 0 Å². The lowest BCUT2D eigenvalue weighted by atomic mass is 10.1. The number of unbranched alkanes of at least 4 members (excludes halogenated alkanes) is 1. The molecular weight excluding hydrogens is 212 g/mol. The van der Waals surface area contributed by atoms with Crippen molar-refractivity contribution in [3.63, 3.8) is 0 Å². The van der Waals surface area contributed by atoms with Crippen LogP contribution in [0.15, 0.2) is 24.5 Å². The smallest absolute Gasteiger partial charge is 0.122 e. The second-order valence-electron chi connectivity index (χ2n) is 4.02. The predicted octanol–water partition coefficient (Wildman–Crippen LogP) is 2.14. The van der Waals surface area contributed by atoms with E-state index in [0.29, 0.717) is 6.54 Å². The average molecular weight is 230 g/mol. The largest absolute Gasteiger partial charge is 0.341 e. The molecule has 17 heavy (non-hydrogen) atoms. The Balaban J connectivity index is 2.09. The van der Waals surface area contributed by atoms with Crippen molar-refractivity contribution in [3.8, 4) is 12.0 Å². The highest BCUT2D eigenvalue weighted by molar-refractivity contribution is 5.52. The van der Waals surface area contributed by atoms with E-state index in [1.165, 1.54) is 0 Å². The lowest BCUT2D eigenvalue weighted by Gasteiger charge is -1.99. The Labute approximate surface area is 103 Å². The first-order valence-electron chi connectivity index (χ1n) is 5.88. The summed E-state index contributed by atoms with van der Waals surface area (Å²) in [4.78, 5) is 14.4. The van der Waals surface area contributed by atoms with Crippen LogP contribution < -0.4 is 5.32 Å². The van der Waals surface area contributed by atoms with Gasteiger partial charge in [-0.15, -0.1) is 0 Å². The molecule has 0 spiro atoms. The van der Waals surface area contributed by atoms with Crippen LogP contribution in [0.1, 0.15) is 31.7 Å². The number of aromatic nitrogens is 1. The molecule has 1 aromatic heterocycles. The minimum Gasteiger partial charge on any atom is -0.341 e. The molecule has 3 nitrogen and oxygen atoms in total. The SMILES string of the molecule is CC(C=O)CCCC#CNCc1cccnc1. The van der Waals surface area contributed by atoms with E-state index >= 15 is 0 Å². The Kier molecular flexibility index (Phi) is 6.50. The van der Waals surface area contributed by atoms with Crippen molar-refractivity contribution in [1.29, 1.82) is 0 Å². The number of hydrogen-bond acceptors (Lipinski definition) is 3. The number of nitrogens with one attached hydrogen (secondary N) is 1. The third-order valence-corrected chi connectivity index (χ3v) is 2.39. The minimum absolute atomic E-state index is 0.153. The summed E-state index contributed by atoms with van der Waals surface area (Å²) >= 11 is 0. The van der Waals surface area contributed by atoms with Gasteiger partial charge in [0.1, 0.15) is 6.29 Å². The number of rotatable bonds is 6. The number of pyridine rings is 1. The molecule has 0 aliphatic carbocycles. The van der Waals surface area contributed by atoms with Gasteiger partial charge in [0, 0.05) is 37.3 Å². The maximum Gasteiger partial charge on any atom is 0.122 e. The molecular formula is C14H18N2O. The molecule has 1 atom stereocenters. The first kappa shape index (κ1) is 13.2. The van der Waals surface area contributed by atoms with Crippen LogP contribution in [-0.2, 0) is 11.3 Å². The Bertz CT molecular complexity index is 378. The summed E-state index contributed by atoms with van der Waals surface area (Å²) in [7, 11) is 0. The van der Waals surface area contributed by atoms with Crippen molar-refractivity contribution in [2.75, 3.05) is 0 Å². The van der Waals surface area contributed by atoms with Gasteiger partial charge in [0.05, 0.1) is 0 Å². The molecule has 0 amide bonds. The number of carbonyl (C=O) groups is 1. The van der Waals surface area contributed by atoms with Crippen molar-refractivity contribution in [3.05, 3.63) is 30.1 Å². The van der Waals surface area contributed by atoms with Gasteiger partial charge in [-0.05, 0) is 24.5 Å². The van der Waals surface area contributed by atoms with Gasteiger partial charge in [-0.1, -0.05) is 18.9 Å². The molecule has 0 saturated heterocycles. The van der Waals surface area contributed by atoms with Gasteiger partial charge in [0.25, 0.3) is 0 Å². The molecule has 0 aliphatic heterocycles. The first-order chi connectivity index (χ1) is 8.33. The molecule has 1 rings (SSSR count). The molecule has 1 heterocycles. The zero-order valence-corrected chi connectivity index (χ0v) is 10.1. The molecule has 3 heteroatoms. The Morgan fingerprint density at radius 1 is 1.59 bits per heavy atom. The summed E-state index contributed by atoms with van der Waals surface area (Å²) in [5.41, 5.74) is 1.12. The van der Waals surface area contributed by atoms with E-state index in [4.69, 9.17) is 0 Å². The van der Waals surface area contributed by atoms with Crippen LogP contribution in [0.2, 0.25) is 0 Å². The fourth-order valence-corrected chi connectivity index (χ4v) is 1.35. The average Bonchev–Trinajstić information content (AvgIpc) is 2.38. The number of aldehydes is 1. The molecule has 1 unspecified atom stereocenters. The van der Waals surface area contributed by atoms with Crippen molar-refractivity contribution >= 4 is 6.29 Å². The molecule has 90 valence electrons. The molecule has 1 N–H and O–H groups in total. The topological polar surface area (TPSA) is 42.0 Å². The highest BCUT2D eigenvalue weighted by Gasteiger charge is 1.96. The predicted molar refractivity (Wildman–Crippen MR) is 67.9 cm³/mol. The van der Waals surface area contributed by atoms with Crippen LogP contribution in [0.4, 0.5) is 0 Å². The zero-order valence-electron chi connectivity index (χ0n) is 10.1. The lowest BCUT2D eigenvalue weighted by molar-refractivity contribution is -0.110. The maximum absolute atomic E-state index is 10.4. The highest BCUT2D eigenvalue weighted by Crippen LogP contribution is 2.03. The van der Waals surface area contributed by atoms with Crippen LogP contribution >= 0.6 is 0 Å². The van der Waals surface area contributed by atoms with Crippen molar-refractivity contribution in [2.45, 2.75) is 32.7 Å². The van der Waals surface area contributed by atoms with Gasteiger partial charge in [-0.25, -0.2) is 0 Å².